The highest BCUT2D eigenvalue weighted by molar-refractivity contribution is 6.17. The lowest BCUT2D eigenvalue weighted by Gasteiger charge is -2.23. The summed E-state index contributed by atoms with van der Waals surface area (Å²) in [6.45, 7) is 1.47. The van der Waals surface area contributed by atoms with Crippen LogP contribution in [0.1, 0.15) is 28.9 Å². The summed E-state index contributed by atoms with van der Waals surface area (Å²) < 4.78 is 5.19. The third-order valence-electron chi connectivity index (χ3n) is 3.69. The van der Waals surface area contributed by atoms with Crippen LogP contribution in [0.3, 0.4) is 0 Å². The summed E-state index contributed by atoms with van der Waals surface area (Å²) in [4.78, 5) is 26.3. The number of hydrogen-bond donors (Lipinski definition) is 0. The Balaban J connectivity index is 2.16. The molecule has 0 saturated heterocycles. The van der Waals surface area contributed by atoms with E-state index in [0.717, 1.165) is 5.56 Å². The third kappa shape index (κ3) is 2.09. The number of nitrogens with zero attached hydrogens (tertiary/aromatic N) is 1. The zero-order valence-corrected chi connectivity index (χ0v) is 11.9. The molecule has 1 heterocycles. The molecule has 3 rings (SSSR count). The minimum Gasteiger partial charge on any atom is -0.497 e. The second-order valence-corrected chi connectivity index (χ2v) is 4.95. The molecule has 4 nitrogen and oxygen atoms in total. The van der Waals surface area contributed by atoms with Gasteiger partial charge >= 0.3 is 0 Å². The predicted molar refractivity (Wildman–Crippen MR) is 79.7 cm³/mol. The molecule has 4 heteroatoms. The molecule has 0 N–H and O–H groups in total. The van der Waals surface area contributed by atoms with Crippen LogP contribution in [0.4, 0.5) is 5.69 Å². The van der Waals surface area contributed by atoms with E-state index in [2.05, 4.69) is 0 Å². The van der Waals surface area contributed by atoms with E-state index in [1.807, 2.05) is 30.3 Å². The Morgan fingerprint density at radius 2 is 1.86 bits per heavy atom. The molecule has 0 spiro atoms. The van der Waals surface area contributed by atoms with Crippen molar-refractivity contribution in [2.45, 2.75) is 13.0 Å². The zero-order valence-electron chi connectivity index (χ0n) is 11.9. The van der Waals surface area contributed by atoms with Crippen LogP contribution < -0.4 is 9.64 Å². The lowest BCUT2D eigenvalue weighted by molar-refractivity contribution is -0.116. The van der Waals surface area contributed by atoms with Gasteiger partial charge in [-0.15, -0.1) is 0 Å². The predicted octanol–water partition coefficient (Wildman–Crippen LogP) is 2.99. The Morgan fingerprint density at radius 3 is 2.48 bits per heavy atom. The van der Waals surface area contributed by atoms with Crippen molar-refractivity contribution >= 4 is 17.4 Å². The molecule has 1 aliphatic rings. The first-order valence-electron chi connectivity index (χ1n) is 6.70. The van der Waals surface area contributed by atoms with E-state index in [1.54, 1.807) is 25.3 Å². The zero-order chi connectivity index (χ0) is 15.0. The third-order valence-corrected chi connectivity index (χ3v) is 3.69. The maximum absolute atomic E-state index is 12.7. The first-order valence-corrected chi connectivity index (χ1v) is 6.70. The van der Waals surface area contributed by atoms with Crippen LogP contribution in [0.25, 0.3) is 0 Å². The molecule has 1 aliphatic heterocycles. The van der Waals surface area contributed by atoms with E-state index in [9.17, 15) is 9.59 Å². The molecule has 0 radical (unpaired) electrons. The molecule has 0 saturated carbocycles. The van der Waals surface area contributed by atoms with Gasteiger partial charge in [0, 0.05) is 18.6 Å². The van der Waals surface area contributed by atoms with E-state index in [4.69, 9.17) is 4.74 Å². The standard InChI is InChI=1S/C17H15NO3/c1-11(19)18-15-10-13(21-2)8-9-14(15)17(20)16(18)12-6-4-3-5-7-12/h3-10,16H,1-2H3. The molecule has 1 atom stereocenters. The Bertz CT molecular complexity index is 709. The first kappa shape index (κ1) is 13.4. The maximum atomic E-state index is 12.7. The largest absolute Gasteiger partial charge is 0.497 e. The van der Waals surface area contributed by atoms with Crippen molar-refractivity contribution in [3.8, 4) is 5.75 Å². The van der Waals surface area contributed by atoms with Crippen molar-refractivity contribution < 1.29 is 14.3 Å². The monoisotopic (exact) mass is 281 g/mol. The summed E-state index contributed by atoms with van der Waals surface area (Å²) in [5.41, 5.74) is 1.98. The minimum atomic E-state index is -0.592. The van der Waals surface area contributed by atoms with Gasteiger partial charge in [-0.25, -0.2) is 0 Å². The summed E-state index contributed by atoms with van der Waals surface area (Å²) in [5.74, 6) is 0.403. The molecule has 0 aromatic heterocycles. The second kappa shape index (κ2) is 5.05. The number of amides is 1. The van der Waals surface area contributed by atoms with E-state index in [1.165, 1.54) is 11.8 Å². The highest BCUT2D eigenvalue weighted by Crippen LogP contribution is 2.41. The smallest absolute Gasteiger partial charge is 0.224 e. The van der Waals surface area contributed by atoms with Crippen LogP contribution in [0, 0.1) is 0 Å². The van der Waals surface area contributed by atoms with Crippen LogP contribution in [-0.2, 0) is 4.79 Å². The van der Waals surface area contributed by atoms with E-state index in [0.29, 0.717) is 17.0 Å². The Morgan fingerprint density at radius 1 is 1.14 bits per heavy atom. The number of ether oxygens (including phenoxy) is 1. The Kier molecular flexibility index (Phi) is 3.22. The molecule has 21 heavy (non-hydrogen) atoms. The number of carbonyl (C=O) groups is 2. The fourth-order valence-electron chi connectivity index (χ4n) is 2.74. The molecular weight excluding hydrogens is 266 g/mol. The highest BCUT2D eigenvalue weighted by atomic mass is 16.5. The van der Waals surface area contributed by atoms with Crippen molar-refractivity contribution in [1.82, 2.24) is 0 Å². The molecule has 2 aromatic carbocycles. The SMILES string of the molecule is COc1ccc2c(c1)N(C(C)=O)C(c1ccccc1)C2=O. The van der Waals surface area contributed by atoms with Crippen molar-refractivity contribution in [1.29, 1.82) is 0 Å². The van der Waals surface area contributed by atoms with Crippen LogP contribution in [-0.4, -0.2) is 18.8 Å². The summed E-state index contributed by atoms with van der Waals surface area (Å²) in [6, 6.07) is 13.9. The van der Waals surface area contributed by atoms with E-state index in [-0.39, 0.29) is 11.7 Å². The summed E-state index contributed by atoms with van der Waals surface area (Å²) in [6.07, 6.45) is 0. The molecule has 0 fully saturated rings. The second-order valence-electron chi connectivity index (χ2n) is 4.95. The average molecular weight is 281 g/mol. The number of ketones is 1. The fraction of sp³-hybridized carbons (Fsp3) is 0.176. The van der Waals surface area contributed by atoms with Crippen LogP contribution in [0.2, 0.25) is 0 Å². The fourth-order valence-corrected chi connectivity index (χ4v) is 2.74. The Hall–Kier alpha value is -2.62. The summed E-state index contributed by atoms with van der Waals surface area (Å²) in [7, 11) is 1.56. The van der Waals surface area contributed by atoms with Crippen LogP contribution >= 0.6 is 0 Å². The lowest BCUT2D eigenvalue weighted by Crippen LogP contribution is -2.31. The van der Waals surface area contributed by atoms with E-state index >= 15 is 0 Å². The van der Waals surface area contributed by atoms with Crippen molar-refractivity contribution in [3.05, 3.63) is 59.7 Å². The first-order chi connectivity index (χ1) is 10.1. The maximum Gasteiger partial charge on any atom is 0.224 e. The molecule has 2 aromatic rings. The number of carbonyl (C=O) groups excluding carboxylic acids is 2. The number of methoxy groups -OCH3 is 1. The van der Waals surface area contributed by atoms with Crippen molar-refractivity contribution in [3.63, 3.8) is 0 Å². The Labute approximate surface area is 123 Å². The highest BCUT2D eigenvalue weighted by Gasteiger charge is 2.40. The number of Topliss-reactive ketones (excluding diaryl/α,β-unsaturated/α-hetero) is 1. The molecule has 1 amide bonds. The van der Waals surface area contributed by atoms with E-state index < -0.39 is 6.04 Å². The van der Waals surface area contributed by atoms with Gasteiger partial charge in [0.1, 0.15) is 11.8 Å². The van der Waals surface area contributed by atoms with Gasteiger partial charge in [0.15, 0.2) is 5.78 Å². The molecular formula is C17H15NO3. The number of benzene rings is 2. The van der Waals surface area contributed by atoms with Crippen LogP contribution in [0.15, 0.2) is 48.5 Å². The number of fused-ring (bicyclic) bond motifs is 1. The average Bonchev–Trinajstić information content (AvgIpc) is 2.80. The van der Waals surface area contributed by atoms with Gasteiger partial charge < -0.3 is 4.74 Å². The summed E-state index contributed by atoms with van der Waals surface area (Å²) >= 11 is 0. The van der Waals surface area contributed by atoms with Gasteiger partial charge in [0.05, 0.1) is 12.8 Å². The van der Waals surface area contributed by atoms with Crippen molar-refractivity contribution in [2.75, 3.05) is 12.0 Å². The molecule has 106 valence electrons. The van der Waals surface area contributed by atoms with Gasteiger partial charge in [0.2, 0.25) is 5.91 Å². The minimum absolute atomic E-state index is 0.0611. The number of rotatable bonds is 2. The van der Waals surface area contributed by atoms with Gasteiger partial charge in [-0.2, -0.15) is 0 Å². The van der Waals surface area contributed by atoms with Crippen molar-refractivity contribution in [2.24, 2.45) is 0 Å². The molecule has 0 bridgehead atoms. The van der Waals surface area contributed by atoms with Gasteiger partial charge in [-0.3, -0.25) is 14.5 Å². The van der Waals surface area contributed by atoms with Gasteiger partial charge in [-0.05, 0) is 17.7 Å². The normalized spacial score (nSPS) is 16.8. The number of anilines is 1. The quantitative estimate of drug-likeness (QED) is 0.850. The van der Waals surface area contributed by atoms with Gasteiger partial charge in [0.25, 0.3) is 0 Å². The van der Waals surface area contributed by atoms with Crippen LogP contribution in [0.5, 0.6) is 5.75 Å². The number of hydrogen-bond acceptors (Lipinski definition) is 3. The van der Waals surface area contributed by atoms with Gasteiger partial charge in [-0.1, -0.05) is 30.3 Å². The topological polar surface area (TPSA) is 46.6 Å². The summed E-state index contributed by atoms with van der Waals surface area (Å²) in [5, 5.41) is 0. The lowest BCUT2D eigenvalue weighted by atomic mass is 10.0. The molecule has 1 unspecified atom stereocenters. The molecule has 0 aliphatic carbocycles.